The smallest absolute Gasteiger partial charge is 0.322 e. The van der Waals surface area contributed by atoms with E-state index < -0.39 is 29.3 Å². The zero-order valence-electron chi connectivity index (χ0n) is 18.9. The van der Waals surface area contributed by atoms with Crippen molar-refractivity contribution in [1.29, 1.82) is 0 Å². The lowest BCUT2D eigenvalue weighted by Crippen LogP contribution is -2.44. The van der Waals surface area contributed by atoms with E-state index in [-0.39, 0.29) is 11.5 Å². The fraction of sp³-hybridized carbons (Fsp3) is 0.864. The summed E-state index contributed by atoms with van der Waals surface area (Å²) in [6, 6.07) is -2.37. The number of unbranched alkanes of at least 4 members (excludes halogenated alkanes) is 12. The third-order valence-electron chi connectivity index (χ3n) is 5.19. The predicted octanol–water partition coefficient (Wildman–Crippen LogP) is 4.61. The molecule has 0 aromatic heterocycles. The summed E-state index contributed by atoms with van der Waals surface area (Å²) in [5.74, 6) is -2.49. The lowest BCUT2D eigenvalue weighted by Gasteiger charge is -2.19. The van der Waals surface area contributed by atoms with E-state index in [2.05, 4.69) is 6.92 Å². The standard InChI is InChI=1S/C22H42N2O5S2/c1-2-3-4-5-6-7-8-9-10-11-12-13-14-15-18(25)20(19(24)22(28)29)31-30-16-17(23)21(26)27/h17,19-20H,2-16,23-24H2,1H3,(H,26,27)(H,28,29)/t17-,19-,20?/m0/s1. The van der Waals surface area contributed by atoms with Gasteiger partial charge in [-0.2, -0.15) is 0 Å². The van der Waals surface area contributed by atoms with E-state index in [4.69, 9.17) is 21.7 Å². The molecule has 7 nitrogen and oxygen atoms in total. The van der Waals surface area contributed by atoms with Crippen LogP contribution in [0, 0.1) is 0 Å². The van der Waals surface area contributed by atoms with Crippen molar-refractivity contribution < 1.29 is 24.6 Å². The number of hydrogen-bond donors (Lipinski definition) is 4. The van der Waals surface area contributed by atoms with E-state index in [1.54, 1.807) is 0 Å². The molecule has 3 atom stereocenters. The molecule has 0 aromatic rings. The molecule has 0 heterocycles. The van der Waals surface area contributed by atoms with Crippen LogP contribution in [0.25, 0.3) is 0 Å². The van der Waals surface area contributed by atoms with Gasteiger partial charge in [-0.1, -0.05) is 106 Å². The van der Waals surface area contributed by atoms with Crippen LogP contribution in [-0.2, 0) is 14.4 Å². The van der Waals surface area contributed by atoms with Crippen molar-refractivity contribution in [2.75, 3.05) is 5.75 Å². The zero-order chi connectivity index (χ0) is 23.5. The molecule has 0 bridgehead atoms. The molecule has 0 spiro atoms. The van der Waals surface area contributed by atoms with E-state index in [9.17, 15) is 14.4 Å². The first-order valence-corrected chi connectivity index (χ1v) is 14.0. The number of nitrogens with two attached hydrogens (primary N) is 2. The number of rotatable bonds is 22. The van der Waals surface area contributed by atoms with Crippen molar-refractivity contribution in [2.24, 2.45) is 11.5 Å². The van der Waals surface area contributed by atoms with Crippen LogP contribution in [0.2, 0.25) is 0 Å². The molecule has 0 amide bonds. The maximum absolute atomic E-state index is 12.5. The van der Waals surface area contributed by atoms with E-state index in [0.29, 0.717) is 6.42 Å². The lowest BCUT2D eigenvalue weighted by atomic mass is 10.0. The quantitative estimate of drug-likeness (QED) is 0.129. The minimum Gasteiger partial charge on any atom is -0.480 e. The third kappa shape index (κ3) is 16.5. The van der Waals surface area contributed by atoms with Gasteiger partial charge in [-0.3, -0.25) is 14.4 Å². The highest BCUT2D eigenvalue weighted by Crippen LogP contribution is 2.30. The van der Waals surface area contributed by atoms with Gasteiger partial charge in [0.25, 0.3) is 0 Å². The molecule has 0 aliphatic carbocycles. The first-order valence-electron chi connectivity index (χ1n) is 11.6. The van der Waals surface area contributed by atoms with Crippen molar-refractivity contribution in [1.82, 2.24) is 0 Å². The Morgan fingerprint density at radius 1 is 0.742 bits per heavy atom. The molecule has 0 saturated carbocycles. The normalized spacial score (nSPS) is 14.2. The minimum atomic E-state index is -1.31. The molecule has 0 fully saturated rings. The Hall–Kier alpha value is -0.770. The summed E-state index contributed by atoms with van der Waals surface area (Å²) in [6.45, 7) is 2.23. The van der Waals surface area contributed by atoms with E-state index in [0.717, 1.165) is 40.9 Å². The van der Waals surface area contributed by atoms with Crippen molar-refractivity contribution in [3.05, 3.63) is 0 Å². The van der Waals surface area contributed by atoms with Gasteiger partial charge in [0.2, 0.25) is 0 Å². The van der Waals surface area contributed by atoms with Crippen molar-refractivity contribution in [3.8, 4) is 0 Å². The average molecular weight is 479 g/mol. The Balaban J connectivity index is 3.94. The van der Waals surface area contributed by atoms with Gasteiger partial charge < -0.3 is 21.7 Å². The number of carboxylic acid groups (broad SMARTS) is 2. The molecule has 0 aliphatic rings. The van der Waals surface area contributed by atoms with Crippen LogP contribution >= 0.6 is 21.6 Å². The Labute approximate surface area is 195 Å². The topological polar surface area (TPSA) is 144 Å². The van der Waals surface area contributed by atoms with Crippen LogP contribution in [0.1, 0.15) is 96.8 Å². The van der Waals surface area contributed by atoms with Crippen LogP contribution in [0.4, 0.5) is 0 Å². The predicted molar refractivity (Wildman–Crippen MR) is 130 cm³/mol. The van der Waals surface area contributed by atoms with Gasteiger partial charge in [0.05, 0.1) is 5.25 Å². The van der Waals surface area contributed by atoms with Gasteiger partial charge in [0.1, 0.15) is 17.9 Å². The summed E-state index contributed by atoms with van der Waals surface area (Å²) in [4.78, 5) is 34.5. The maximum atomic E-state index is 12.5. The van der Waals surface area contributed by atoms with E-state index >= 15 is 0 Å². The number of Topliss-reactive ketones (excluding diaryl/α,β-unsaturated/α-hetero) is 1. The molecule has 1 unspecified atom stereocenters. The second-order valence-corrected chi connectivity index (χ2v) is 10.6. The molecule has 6 N–H and O–H groups in total. The number of carbonyl (C=O) groups excluding carboxylic acids is 1. The van der Waals surface area contributed by atoms with Gasteiger partial charge >= 0.3 is 11.9 Å². The number of hydrogen-bond acceptors (Lipinski definition) is 7. The number of carboxylic acids is 2. The molecule has 0 saturated heterocycles. The molecular formula is C22H42N2O5S2. The Morgan fingerprint density at radius 2 is 1.19 bits per heavy atom. The molecule has 31 heavy (non-hydrogen) atoms. The average Bonchev–Trinajstić information content (AvgIpc) is 2.73. The van der Waals surface area contributed by atoms with Crippen LogP contribution in [0.5, 0.6) is 0 Å². The van der Waals surface area contributed by atoms with Gasteiger partial charge in [0.15, 0.2) is 0 Å². The van der Waals surface area contributed by atoms with Gasteiger partial charge in [-0.15, -0.1) is 0 Å². The van der Waals surface area contributed by atoms with Crippen molar-refractivity contribution >= 4 is 39.3 Å². The van der Waals surface area contributed by atoms with E-state index in [1.165, 1.54) is 64.2 Å². The van der Waals surface area contributed by atoms with Gasteiger partial charge in [-0.05, 0) is 6.42 Å². The summed E-state index contributed by atoms with van der Waals surface area (Å²) in [7, 11) is 2.10. The van der Waals surface area contributed by atoms with Gasteiger partial charge in [-0.25, -0.2) is 0 Å². The summed E-state index contributed by atoms with van der Waals surface area (Å²) < 4.78 is 0. The molecule has 0 aromatic carbocycles. The second-order valence-electron chi connectivity index (χ2n) is 8.07. The minimum absolute atomic E-state index is 0.0782. The Bertz CT molecular complexity index is 508. The first-order chi connectivity index (χ1) is 14.8. The molecule has 0 rings (SSSR count). The maximum Gasteiger partial charge on any atom is 0.322 e. The highest BCUT2D eigenvalue weighted by Gasteiger charge is 2.31. The molecule has 9 heteroatoms. The highest BCUT2D eigenvalue weighted by molar-refractivity contribution is 8.77. The second kappa shape index (κ2) is 19.9. The van der Waals surface area contributed by atoms with Crippen LogP contribution in [0.15, 0.2) is 0 Å². The number of carbonyl (C=O) groups is 3. The number of ketones is 1. The monoisotopic (exact) mass is 478 g/mol. The largest absolute Gasteiger partial charge is 0.480 e. The van der Waals surface area contributed by atoms with Crippen LogP contribution in [-0.4, -0.2) is 51.0 Å². The highest BCUT2D eigenvalue weighted by atomic mass is 33.1. The van der Waals surface area contributed by atoms with Crippen molar-refractivity contribution in [3.63, 3.8) is 0 Å². The molecule has 0 radical (unpaired) electrons. The van der Waals surface area contributed by atoms with E-state index in [1.807, 2.05) is 0 Å². The lowest BCUT2D eigenvalue weighted by molar-refractivity contribution is -0.140. The Kier molecular flexibility index (Phi) is 19.4. The summed E-state index contributed by atoms with van der Waals surface area (Å²) in [6.07, 6.45) is 16.0. The SMILES string of the molecule is CCCCCCCCCCCCCCCC(=O)C(SSC[C@H](N)C(=O)O)[C@H](N)C(=O)O. The summed E-state index contributed by atoms with van der Waals surface area (Å²) in [5.41, 5.74) is 11.1. The van der Waals surface area contributed by atoms with Crippen molar-refractivity contribution in [2.45, 2.75) is 114 Å². The number of aliphatic carboxylic acids is 2. The fourth-order valence-corrected chi connectivity index (χ4v) is 5.93. The van der Waals surface area contributed by atoms with Gasteiger partial charge in [0, 0.05) is 12.2 Å². The Morgan fingerprint density at radius 3 is 1.61 bits per heavy atom. The fourth-order valence-electron chi connectivity index (χ4n) is 3.16. The summed E-state index contributed by atoms with van der Waals surface area (Å²) >= 11 is 0. The molecular weight excluding hydrogens is 436 g/mol. The molecule has 0 aliphatic heterocycles. The van der Waals surface area contributed by atoms with Crippen LogP contribution < -0.4 is 11.5 Å². The van der Waals surface area contributed by atoms with Crippen LogP contribution in [0.3, 0.4) is 0 Å². The third-order valence-corrected chi connectivity index (χ3v) is 8.03. The molecule has 182 valence electrons. The summed E-state index contributed by atoms with van der Waals surface area (Å²) in [5, 5.41) is 17.1. The zero-order valence-corrected chi connectivity index (χ0v) is 20.6. The first kappa shape index (κ1) is 30.2.